The summed E-state index contributed by atoms with van der Waals surface area (Å²) in [5, 5.41) is 0. The van der Waals surface area contributed by atoms with Gasteiger partial charge in [-0.3, -0.25) is 14.4 Å². The molecule has 0 N–H and O–H groups in total. The Kier molecular flexibility index (Phi) is 50.6. The Morgan fingerprint density at radius 2 is 0.582 bits per heavy atom. The number of carbonyl (C=O) groups excluding carboxylic acids is 3. The molecule has 0 fully saturated rings. The first kappa shape index (κ1) is 62.5. The van der Waals surface area contributed by atoms with Crippen LogP contribution in [0.4, 0.5) is 0 Å². The van der Waals surface area contributed by atoms with E-state index in [1.807, 2.05) is 0 Å². The second kappa shape index (κ2) is 54.2. The topological polar surface area (TPSA) is 78.9 Å². The van der Waals surface area contributed by atoms with Crippen molar-refractivity contribution >= 4 is 17.9 Å². The standard InChI is InChI=1S/C61H96O6/c1-4-7-10-13-16-19-22-25-28-29-30-31-34-37-40-43-46-49-52-55-61(64)67-58(56-65-59(62)53-50-47-44-41-38-35-32-26-23-20-17-14-11-8-5-2)57-66-60(63)54-51-48-45-42-39-36-33-27-24-21-18-15-12-9-6-3/h7-8,10-11,16-21,25-28,30-33,37-38,40-41,58H,4-6,9,12-15,22-24,29,34-36,39,42-57H2,1-3H3/b10-7-,11-8-,19-16-,20-17-,21-18-,28-25-,31-30-,32-26-,33-27-,40-37-,41-38-/t58-/m1/s1. The second-order valence-corrected chi connectivity index (χ2v) is 17.0. The number of rotatable bonds is 46. The van der Waals surface area contributed by atoms with Gasteiger partial charge in [-0.1, -0.05) is 193 Å². The minimum absolute atomic E-state index is 0.117. The highest BCUT2D eigenvalue weighted by molar-refractivity contribution is 5.71. The van der Waals surface area contributed by atoms with Crippen LogP contribution in [-0.2, 0) is 28.6 Å². The van der Waals surface area contributed by atoms with E-state index in [4.69, 9.17) is 14.2 Å². The van der Waals surface area contributed by atoms with Crippen LogP contribution in [0.25, 0.3) is 0 Å². The van der Waals surface area contributed by atoms with Crippen LogP contribution in [0.5, 0.6) is 0 Å². The van der Waals surface area contributed by atoms with E-state index >= 15 is 0 Å². The number of carbonyl (C=O) groups is 3. The summed E-state index contributed by atoms with van der Waals surface area (Å²) in [7, 11) is 0. The molecule has 0 radical (unpaired) electrons. The number of hydrogen-bond acceptors (Lipinski definition) is 6. The molecule has 0 saturated carbocycles. The first-order valence-corrected chi connectivity index (χ1v) is 26.7. The van der Waals surface area contributed by atoms with E-state index in [0.29, 0.717) is 25.7 Å². The van der Waals surface area contributed by atoms with E-state index in [-0.39, 0.29) is 37.5 Å². The minimum Gasteiger partial charge on any atom is -0.462 e. The largest absolute Gasteiger partial charge is 0.462 e. The fraction of sp³-hybridized carbons (Fsp3) is 0.590. The highest BCUT2D eigenvalue weighted by Crippen LogP contribution is 2.12. The van der Waals surface area contributed by atoms with Gasteiger partial charge in [0.2, 0.25) is 0 Å². The van der Waals surface area contributed by atoms with E-state index in [1.165, 1.54) is 25.7 Å². The Morgan fingerprint density at radius 1 is 0.313 bits per heavy atom. The van der Waals surface area contributed by atoms with Gasteiger partial charge in [-0.15, -0.1) is 0 Å². The quantitative estimate of drug-likeness (QED) is 0.0262. The van der Waals surface area contributed by atoms with Crippen molar-refractivity contribution in [3.8, 4) is 0 Å². The average Bonchev–Trinajstić information content (AvgIpc) is 3.33. The zero-order valence-corrected chi connectivity index (χ0v) is 42.9. The number of hydrogen-bond donors (Lipinski definition) is 0. The summed E-state index contributed by atoms with van der Waals surface area (Å²) in [5.41, 5.74) is 0. The zero-order chi connectivity index (χ0) is 48.6. The molecule has 67 heavy (non-hydrogen) atoms. The van der Waals surface area contributed by atoms with Crippen molar-refractivity contribution in [2.75, 3.05) is 13.2 Å². The highest BCUT2D eigenvalue weighted by Gasteiger charge is 2.19. The van der Waals surface area contributed by atoms with Gasteiger partial charge in [-0.05, 0) is 135 Å². The maximum atomic E-state index is 12.8. The Labute approximate surface area is 411 Å². The van der Waals surface area contributed by atoms with E-state index in [9.17, 15) is 14.4 Å². The van der Waals surface area contributed by atoms with Gasteiger partial charge in [0.05, 0.1) is 0 Å². The second-order valence-electron chi connectivity index (χ2n) is 17.0. The number of allylic oxidation sites excluding steroid dienone is 22. The third-order valence-electron chi connectivity index (χ3n) is 10.6. The lowest BCUT2D eigenvalue weighted by Gasteiger charge is -2.18. The molecule has 0 amide bonds. The van der Waals surface area contributed by atoms with Crippen molar-refractivity contribution < 1.29 is 28.6 Å². The van der Waals surface area contributed by atoms with Crippen LogP contribution in [0.15, 0.2) is 134 Å². The van der Waals surface area contributed by atoms with Gasteiger partial charge in [0.25, 0.3) is 0 Å². The molecular formula is C61H96O6. The SMILES string of the molecule is CC/C=C\C/C=C\C/C=C\C/C=C\C/C=C\CCCCCC(=O)O[C@H](COC(=O)CCCC/C=C\C/C=C\C/C=C\C/C=C\CC)COC(=O)CCCCCCC/C=C\C/C=C\CCCCC. The first-order valence-electron chi connectivity index (χ1n) is 26.7. The van der Waals surface area contributed by atoms with E-state index in [1.54, 1.807) is 0 Å². The van der Waals surface area contributed by atoms with Crippen LogP contribution in [0.1, 0.15) is 213 Å². The molecule has 1 atom stereocenters. The Bertz CT molecular complexity index is 1480. The van der Waals surface area contributed by atoms with E-state index in [2.05, 4.69) is 154 Å². The maximum absolute atomic E-state index is 12.8. The molecule has 0 heterocycles. The number of ether oxygens (including phenoxy) is 3. The van der Waals surface area contributed by atoms with Gasteiger partial charge in [-0.25, -0.2) is 0 Å². The van der Waals surface area contributed by atoms with Gasteiger partial charge in [0.15, 0.2) is 6.10 Å². The third kappa shape index (κ3) is 52.4. The fourth-order valence-corrected chi connectivity index (χ4v) is 6.66. The molecular weight excluding hydrogens is 829 g/mol. The predicted molar refractivity (Wildman–Crippen MR) is 288 cm³/mol. The molecule has 0 aliphatic rings. The summed E-state index contributed by atoms with van der Waals surface area (Å²) in [6.07, 6.45) is 75.8. The summed E-state index contributed by atoms with van der Waals surface area (Å²) < 4.78 is 16.7. The van der Waals surface area contributed by atoms with E-state index < -0.39 is 6.10 Å². The van der Waals surface area contributed by atoms with Gasteiger partial charge in [-0.2, -0.15) is 0 Å². The molecule has 0 unspecified atom stereocenters. The van der Waals surface area contributed by atoms with Crippen LogP contribution in [0.2, 0.25) is 0 Å². The maximum Gasteiger partial charge on any atom is 0.306 e. The van der Waals surface area contributed by atoms with Crippen LogP contribution < -0.4 is 0 Å². The lowest BCUT2D eigenvalue weighted by Crippen LogP contribution is -2.30. The van der Waals surface area contributed by atoms with Crippen LogP contribution in [0, 0.1) is 0 Å². The molecule has 0 aromatic heterocycles. The van der Waals surface area contributed by atoms with Crippen LogP contribution in [0.3, 0.4) is 0 Å². The Morgan fingerprint density at radius 3 is 0.955 bits per heavy atom. The van der Waals surface area contributed by atoms with Crippen molar-refractivity contribution in [3.05, 3.63) is 134 Å². The monoisotopic (exact) mass is 925 g/mol. The van der Waals surface area contributed by atoms with Crippen LogP contribution in [-0.4, -0.2) is 37.2 Å². The van der Waals surface area contributed by atoms with Crippen molar-refractivity contribution in [3.63, 3.8) is 0 Å². The molecule has 0 aromatic rings. The molecule has 376 valence electrons. The fourth-order valence-electron chi connectivity index (χ4n) is 6.66. The Balaban J connectivity index is 4.57. The highest BCUT2D eigenvalue weighted by atomic mass is 16.6. The molecule has 6 nitrogen and oxygen atoms in total. The molecule has 0 aliphatic heterocycles. The van der Waals surface area contributed by atoms with Gasteiger partial charge >= 0.3 is 17.9 Å². The Hall–Kier alpha value is -4.45. The van der Waals surface area contributed by atoms with Crippen LogP contribution >= 0.6 is 0 Å². The molecule has 0 aromatic carbocycles. The lowest BCUT2D eigenvalue weighted by atomic mass is 10.1. The summed E-state index contributed by atoms with van der Waals surface area (Å²) in [6.45, 7) is 6.29. The van der Waals surface area contributed by atoms with Gasteiger partial charge < -0.3 is 14.2 Å². The molecule has 6 heteroatoms. The van der Waals surface area contributed by atoms with Crippen molar-refractivity contribution in [1.29, 1.82) is 0 Å². The average molecular weight is 925 g/mol. The molecule has 0 bridgehead atoms. The van der Waals surface area contributed by atoms with Gasteiger partial charge in [0, 0.05) is 19.3 Å². The molecule has 0 spiro atoms. The molecule has 0 rings (SSSR count). The number of unbranched alkanes of at least 4 members (excludes halogenated alkanes) is 13. The lowest BCUT2D eigenvalue weighted by molar-refractivity contribution is -0.167. The van der Waals surface area contributed by atoms with Crippen molar-refractivity contribution in [2.45, 2.75) is 219 Å². The first-order chi connectivity index (χ1) is 33.0. The minimum atomic E-state index is -0.823. The van der Waals surface area contributed by atoms with E-state index in [0.717, 1.165) is 135 Å². The van der Waals surface area contributed by atoms with Crippen molar-refractivity contribution in [1.82, 2.24) is 0 Å². The zero-order valence-electron chi connectivity index (χ0n) is 42.9. The number of esters is 3. The molecule has 0 aliphatic carbocycles. The summed E-state index contributed by atoms with van der Waals surface area (Å²) in [6, 6.07) is 0. The third-order valence-corrected chi connectivity index (χ3v) is 10.6. The predicted octanol–water partition coefficient (Wildman–Crippen LogP) is 17.9. The van der Waals surface area contributed by atoms with Gasteiger partial charge in [0.1, 0.15) is 13.2 Å². The normalized spacial score (nSPS) is 13.2. The van der Waals surface area contributed by atoms with Crippen molar-refractivity contribution in [2.24, 2.45) is 0 Å². The molecule has 0 saturated heterocycles. The summed E-state index contributed by atoms with van der Waals surface area (Å²) >= 11 is 0. The smallest absolute Gasteiger partial charge is 0.306 e. The summed E-state index contributed by atoms with van der Waals surface area (Å²) in [4.78, 5) is 38.0. The summed E-state index contributed by atoms with van der Waals surface area (Å²) in [5.74, 6) is -1.01.